The molecule has 0 saturated carbocycles. The summed E-state index contributed by atoms with van der Waals surface area (Å²) in [5.41, 5.74) is 0.699. The van der Waals surface area contributed by atoms with Crippen molar-refractivity contribution in [3.05, 3.63) is 42.2 Å². The zero-order valence-electron chi connectivity index (χ0n) is 5.74. The molecule has 53 valence electrons. The number of ether oxygens (including phenoxy) is 1. The van der Waals surface area contributed by atoms with Gasteiger partial charge < -0.3 is 9.84 Å². The Morgan fingerprint density at radius 1 is 1.30 bits per heavy atom. The fourth-order valence-electron chi connectivity index (χ4n) is 0.699. The second kappa shape index (κ2) is 3.34. The second-order valence-corrected chi connectivity index (χ2v) is 1.88. The first kappa shape index (κ1) is 7.25. The molecule has 0 spiro atoms. The third-order valence-corrected chi connectivity index (χ3v) is 1.21. The van der Waals surface area contributed by atoms with Crippen molar-refractivity contribution in [2.75, 3.05) is 7.11 Å². The lowest BCUT2D eigenvalue weighted by Gasteiger charge is -2.04. The summed E-state index contributed by atoms with van der Waals surface area (Å²) >= 11 is 0. The molecule has 0 atom stereocenters. The minimum absolute atomic E-state index is 0.0411. The van der Waals surface area contributed by atoms with Gasteiger partial charge in [-0.2, -0.15) is 0 Å². The van der Waals surface area contributed by atoms with Crippen LogP contribution in [0.5, 0.6) is 0 Å². The monoisotopic (exact) mass is 137 g/mol. The molecule has 0 fully saturated rings. The molecule has 0 aromatic heterocycles. The van der Waals surface area contributed by atoms with Crippen molar-refractivity contribution < 1.29 is 9.84 Å². The molecule has 1 radical (unpaired) electrons. The maximum atomic E-state index is 9.02. The standard InChI is InChI=1S/C8H9O2/c1-10-8(9)7-5-3-2-4-6-7/h2-6,9H,1H3. The topological polar surface area (TPSA) is 29.5 Å². The summed E-state index contributed by atoms with van der Waals surface area (Å²) in [4.78, 5) is 0. The number of methoxy groups -OCH3 is 1. The fourth-order valence-corrected chi connectivity index (χ4v) is 0.699. The van der Waals surface area contributed by atoms with Crippen LogP contribution in [0.1, 0.15) is 5.56 Å². The Bertz CT molecular complexity index is 184. The van der Waals surface area contributed by atoms with Crippen LogP contribution >= 0.6 is 0 Å². The van der Waals surface area contributed by atoms with Crippen LogP contribution in [0.2, 0.25) is 0 Å². The molecule has 1 rings (SSSR count). The maximum absolute atomic E-state index is 9.02. The van der Waals surface area contributed by atoms with Gasteiger partial charge in [-0.3, -0.25) is 0 Å². The van der Waals surface area contributed by atoms with E-state index >= 15 is 0 Å². The third kappa shape index (κ3) is 1.56. The highest BCUT2D eigenvalue weighted by molar-refractivity contribution is 5.22. The molecule has 2 nitrogen and oxygen atoms in total. The van der Waals surface area contributed by atoms with Crippen LogP contribution in [0, 0.1) is 6.29 Å². The SMILES string of the molecule is CO[C](O)c1ccccc1. The van der Waals surface area contributed by atoms with E-state index in [-0.39, 0.29) is 6.29 Å². The van der Waals surface area contributed by atoms with E-state index in [1.807, 2.05) is 18.2 Å². The summed E-state index contributed by atoms with van der Waals surface area (Å²) in [5.74, 6) is 0. The van der Waals surface area contributed by atoms with E-state index in [0.29, 0.717) is 5.56 Å². The van der Waals surface area contributed by atoms with Crippen LogP contribution in [0.25, 0.3) is 0 Å². The first-order valence-corrected chi connectivity index (χ1v) is 3.00. The van der Waals surface area contributed by atoms with Gasteiger partial charge in [0.15, 0.2) is 0 Å². The van der Waals surface area contributed by atoms with E-state index in [0.717, 1.165) is 0 Å². The molecular weight excluding hydrogens is 128 g/mol. The van der Waals surface area contributed by atoms with Crippen LogP contribution in [-0.4, -0.2) is 12.2 Å². The average molecular weight is 137 g/mol. The molecule has 0 aliphatic heterocycles. The minimum atomic E-state index is -0.0411. The summed E-state index contributed by atoms with van der Waals surface area (Å²) in [6.45, 7) is 0. The van der Waals surface area contributed by atoms with Gasteiger partial charge in [-0.15, -0.1) is 0 Å². The highest BCUT2D eigenvalue weighted by Crippen LogP contribution is 2.09. The Labute approximate surface area is 60.1 Å². The first-order chi connectivity index (χ1) is 4.84. The third-order valence-electron chi connectivity index (χ3n) is 1.21. The van der Waals surface area contributed by atoms with Crippen molar-refractivity contribution in [3.8, 4) is 0 Å². The first-order valence-electron chi connectivity index (χ1n) is 3.00. The molecular formula is C8H9O2. The van der Waals surface area contributed by atoms with Gasteiger partial charge in [0, 0.05) is 12.7 Å². The molecule has 0 unspecified atom stereocenters. The second-order valence-electron chi connectivity index (χ2n) is 1.88. The Hall–Kier alpha value is -0.860. The van der Waals surface area contributed by atoms with Crippen LogP contribution in [0.3, 0.4) is 0 Å². The molecule has 1 aromatic rings. The molecule has 0 saturated heterocycles. The molecule has 0 bridgehead atoms. The molecule has 0 heterocycles. The van der Waals surface area contributed by atoms with Crippen LogP contribution in [-0.2, 0) is 4.74 Å². The molecule has 10 heavy (non-hydrogen) atoms. The van der Waals surface area contributed by atoms with Gasteiger partial charge in [-0.05, 0) is 0 Å². The zero-order valence-corrected chi connectivity index (χ0v) is 5.74. The minimum Gasteiger partial charge on any atom is -0.357 e. The van der Waals surface area contributed by atoms with E-state index in [2.05, 4.69) is 4.74 Å². The number of benzene rings is 1. The quantitative estimate of drug-likeness (QED) is 0.670. The number of hydrogen-bond donors (Lipinski definition) is 1. The lowest BCUT2D eigenvalue weighted by molar-refractivity contribution is 0.0631. The number of aliphatic hydroxyl groups excluding tert-OH is 1. The average Bonchev–Trinajstić information content (AvgIpc) is 2.05. The Morgan fingerprint density at radius 2 is 1.90 bits per heavy atom. The van der Waals surface area contributed by atoms with E-state index in [1.54, 1.807) is 12.1 Å². The molecule has 1 aromatic carbocycles. The number of aliphatic hydroxyl groups is 1. The lowest BCUT2D eigenvalue weighted by atomic mass is 10.2. The summed E-state index contributed by atoms with van der Waals surface area (Å²) in [5, 5.41) is 9.02. The summed E-state index contributed by atoms with van der Waals surface area (Å²) in [7, 11) is 1.43. The summed E-state index contributed by atoms with van der Waals surface area (Å²) in [6.07, 6.45) is -0.0411. The van der Waals surface area contributed by atoms with Gasteiger partial charge >= 0.3 is 0 Å². The Kier molecular flexibility index (Phi) is 2.42. The fraction of sp³-hybridized carbons (Fsp3) is 0.125. The molecule has 0 amide bonds. The highest BCUT2D eigenvalue weighted by atomic mass is 16.6. The van der Waals surface area contributed by atoms with Gasteiger partial charge in [0.05, 0.1) is 0 Å². The van der Waals surface area contributed by atoms with E-state index in [1.165, 1.54) is 7.11 Å². The van der Waals surface area contributed by atoms with Gasteiger partial charge in [-0.25, -0.2) is 0 Å². The van der Waals surface area contributed by atoms with E-state index < -0.39 is 0 Å². The van der Waals surface area contributed by atoms with Crippen LogP contribution in [0.15, 0.2) is 30.3 Å². The number of rotatable bonds is 2. The van der Waals surface area contributed by atoms with E-state index in [4.69, 9.17) is 5.11 Å². The summed E-state index contributed by atoms with van der Waals surface area (Å²) < 4.78 is 4.61. The predicted octanol–water partition coefficient (Wildman–Crippen LogP) is 1.54. The predicted molar refractivity (Wildman–Crippen MR) is 37.7 cm³/mol. The molecule has 2 heteroatoms. The van der Waals surface area contributed by atoms with Crippen molar-refractivity contribution in [3.63, 3.8) is 0 Å². The number of hydrogen-bond acceptors (Lipinski definition) is 2. The lowest BCUT2D eigenvalue weighted by Crippen LogP contribution is -1.99. The maximum Gasteiger partial charge on any atom is 0.253 e. The van der Waals surface area contributed by atoms with Crippen molar-refractivity contribution >= 4 is 0 Å². The van der Waals surface area contributed by atoms with Gasteiger partial charge in [-0.1, -0.05) is 30.3 Å². The Balaban J connectivity index is 2.75. The molecule has 1 N–H and O–H groups in total. The summed E-state index contributed by atoms with van der Waals surface area (Å²) in [6, 6.07) is 9.11. The zero-order chi connectivity index (χ0) is 7.40. The van der Waals surface area contributed by atoms with Crippen LogP contribution in [0.4, 0.5) is 0 Å². The van der Waals surface area contributed by atoms with Gasteiger partial charge in [0.2, 0.25) is 0 Å². The molecule has 0 aliphatic rings. The normalized spacial score (nSPS) is 10.3. The Morgan fingerprint density at radius 3 is 2.40 bits per heavy atom. The van der Waals surface area contributed by atoms with Gasteiger partial charge in [0.1, 0.15) is 0 Å². The van der Waals surface area contributed by atoms with Crippen molar-refractivity contribution in [2.45, 2.75) is 0 Å². The van der Waals surface area contributed by atoms with Crippen molar-refractivity contribution in [1.82, 2.24) is 0 Å². The van der Waals surface area contributed by atoms with Crippen LogP contribution < -0.4 is 0 Å². The largest absolute Gasteiger partial charge is 0.357 e. The van der Waals surface area contributed by atoms with Crippen molar-refractivity contribution in [1.29, 1.82) is 0 Å². The van der Waals surface area contributed by atoms with Crippen molar-refractivity contribution in [2.24, 2.45) is 0 Å². The van der Waals surface area contributed by atoms with E-state index in [9.17, 15) is 0 Å². The highest BCUT2D eigenvalue weighted by Gasteiger charge is 2.04. The smallest absolute Gasteiger partial charge is 0.253 e. The molecule has 0 aliphatic carbocycles. The van der Waals surface area contributed by atoms with Gasteiger partial charge in [0.25, 0.3) is 6.29 Å².